The van der Waals surface area contributed by atoms with Gasteiger partial charge in [0.15, 0.2) is 0 Å². The van der Waals surface area contributed by atoms with Gasteiger partial charge in [-0.2, -0.15) is 17.5 Å². The van der Waals surface area contributed by atoms with E-state index in [9.17, 15) is 8.42 Å². The predicted octanol–water partition coefficient (Wildman–Crippen LogP) is -1.09. The molecule has 0 saturated heterocycles. The van der Waals surface area contributed by atoms with Crippen LogP contribution in [0.2, 0.25) is 0 Å². The summed E-state index contributed by atoms with van der Waals surface area (Å²) in [6.45, 7) is 0.336. The highest BCUT2D eigenvalue weighted by Gasteiger charge is 2.08. The molecule has 0 radical (unpaired) electrons. The molecule has 0 saturated carbocycles. The summed E-state index contributed by atoms with van der Waals surface area (Å²) >= 11 is 0. The highest BCUT2D eigenvalue weighted by molar-refractivity contribution is 7.88. The molecular formula is C2H4N2O2S. The Morgan fingerprint density at radius 2 is 2.43 bits per heavy atom. The van der Waals surface area contributed by atoms with Crippen LogP contribution >= 0.6 is 0 Å². The number of rotatable bonds is 0. The first kappa shape index (κ1) is 4.73. The summed E-state index contributed by atoms with van der Waals surface area (Å²) in [5, 5.41) is 0. The van der Waals surface area contributed by atoms with Gasteiger partial charge in [-0.3, -0.25) is 0 Å². The van der Waals surface area contributed by atoms with Gasteiger partial charge >= 0.3 is 10.2 Å². The van der Waals surface area contributed by atoms with Crippen LogP contribution in [0.5, 0.6) is 0 Å². The van der Waals surface area contributed by atoms with Crippen LogP contribution in [0.3, 0.4) is 0 Å². The quantitative estimate of drug-likeness (QED) is 0.441. The van der Waals surface area contributed by atoms with E-state index in [0.29, 0.717) is 6.54 Å². The molecule has 40 valence electrons. The van der Waals surface area contributed by atoms with E-state index in [4.69, 9.17) is 0 Å². The summed E-state index contributed by atoms with van der Waals surface area (Å²) in [5.74, 6) is 0. The predicted molar refractivity (Wildman–Crippen MR) is 25.4 cm³/mol. The molecule has 0 unspecified atom stereocenters. The average molecular weight is 120 g/mol. The Kier molecular flexibility index (Phi) is 0.862. The van der Waals surface area contributed by atoms with Gasteiger partial charge < -0.3 is 0 Å². The summed E-state index contributed by atoms with van der Waals surface area (Å²) in [6, 6.07) is 0. The molecule has 0 bridgehead atoms. The van der Waals surface area contributed by atoms with E-state index < -0.39 is 10.2 Å². The standard InChI is InChI=1S/C2H4N2O2S/c5-7(6)3-1-2-4-7/h1,4H,2H2. The molecule has 1 rings (SSSR count). The van der Waals surface area contributed by atoms with E-state index in [1.54, 1.807) is 0 Å². The summed E-state index contributed by atoms with van der Waals surface area (Å²) in [5.41, 5.74) is 0. The second kappa shape index (κ2) is 1.28. The molecule has 1 heterocycles. The highest BCUT2D eigenvalue weighted by Crippen LogP contribution is 1.87. The highest BCUT2D eigenvalue weighted by atomic mass is 32.2. The summed E-state index contributed by atoms with van der Waals surface area (Å²) < 4.78 is 25.5. The molecule has 1 aliphatic heterocycles. The van der Waals surface area contributed by atoms with Crippen LogP contribution < -0.4 is 4.72 Å². The van der Waals surface area contributed by atoms with E-state index in [0.717, 1.165) is 0 Å². The van der Waals surface area contributed by atoms with Crippen LogP contribution in [0.1, 0.15) is 0 Å². The van der Waals surface area contributed by atoms with Gasteiger partial charge in [-0.1, -0.05) is 0 Å². The van der Waals surface area contributed by atoms with Crippen molar-refractivity contribution in [1.29, 1.82) is 0 Å². The molecule has 4 nitrogen and oxygen atoms in total. The van der Waals surface area contributed by atoms with Gasteiger partial charge in [0.1, 0.15) is 0 Å². The van der Waals surface area contributed by atoms with Gasteiger partial charge in [0, 0.05) is 12.8 Å². The van der Waals surface area contributed by atoms with Crippen LogP contribution in [-0.2, 0) is 10.2 Å². The maximum Gasteiger partial charge on any atom is 0.319 e. The lowest BCUT2D eigenvalue weighted by Crippen LogP contribution is -2.14. The Morgan fingerprint density at radius 1 is 1.71 bits per heavy atom. The van der Waals surface area contributed by atoms with Crippen LogP contribution in [0.25, 0.3) is 0 Å². The van der Waals surface area contributed by atoms with Crippen molar-refractivity contribution in [2.75, 3.05) is 6.54 Å². The van der Waals surface area contributed by atoms with Crippen LogP contribution in [-0.4, -0.2) is 21.2 Å². The van der Waals surface area contributed by atoms with Crippen molar-refractivity contribution in [3.05, 3.63) is 0 Å². The number of nitrogens with one attached hydrogen (secondary N) is 1. The van der Waals surface area contributed by atoms with Crippen molar-refractivity contribution in [2.24, 2.45) is 4.40 Å². The maximum absolute atomic E-state index is 10.1. The first-order valence-corrected chi connectivity index (χ1v) is 3.18. The van der Waals surface area contributed by atoms with Crippen LogP contribution in [0.4, 0.5) is 0 Å². The van der Waals surface area contributed by atoms with Gasteiger partial charge in [0.05, 0.1) is 0 Å². The zero-order chi connectivity index (χ0) is 5.33. The molecule has 1 N–H and O–H groups in total. The van der Waals surface area contributed by atoms with Crippen LogP contribution in [0.15, 0.2) is 4.40 Å². The topological polar surface area (TPSA) is 58.5 Å². The van der Waals surface area contributed by atoms with E-state index in [1.807, 2.05) is 0 Å². The van der Waals surface area contributed by atoms with E-state index >= 15 is 0 Å². The molecule has 0 aliphatic carbocycles. The summed E-state index contributed by atoms with van der Waals surface area (Å²) in [6.07, 6.45) is 1.31. The fraction of sp³-hybridized carbons (Fsp3) is 0.500. The Hall–Kier alpha value is -0.420. The molecule has 0 amide bonds. The molecule has 0 atom stereocenters. The molecule has 0 aromatic rings. The normalized spacial score (nSPS) is 25.7. The zero-order valence-corrected chi connectivity index (χ0v) is 4.27. The molecule has 0 fully saturated rings. The summed E-state index contributed by atoms with van der Waals surface area (Å²) in [7, 11) is -3.23. The molecule has 1 aliphatic rings. The van der Waals surface area contributed by atoms with Gasteiger partial charge in [-0.05, 0) is 0 Å². The van der Waals surface area contributed by atoms with Gasteiger partial charge in [0.2, 0.25) is 0 Å². The largest absolute Gasteiger partial charge is 0.319 e. The fourth-order valence-corrected chi connectivity index (χ4v) is 0.946. The Labute approximate surface area is 41.4 Å². The minimum absolute atomic E-state index is 0.336. The number of hydrogen-bond acceptors (Lipinski definition) is 2. The van der Waals surface area contributed by atoms with Gasteiger partial charge in [-0.15, -0.1) is 0 Å². The van der Waals surface area contributed by atoms with E-state index in [-0.39, 0.29) is 0 Å². The average Bonchev–Trinajstić information content (AvgIpc) is 1.84. The SMILES string of the molecule is O=S1(=O)N=CCN1. The van der Waals surface area contributed by atoms with E-state index in [1.165, 1.54) is 6.21 Å². The van der Waals surface area contributed by atoms with Gasteiger partial charge in [0.25, 0.3) is 0 Å². The minimum Gasteiger partial charge on any atom is -0.191 e. The third-order valence-corrected chi connectivity index (χ3v) is 1.53. The van der Waals surface area contributed by atoms with Crippen molar-refractivity contribution in [1.82, 2.24) is 4.72 Å². The van der Waals surface area contributed by atoms with Crippen LogP contribution in [0, 0.1) is 0 Å². The molecule has 0 aromatic carbocycles. The first-order valence-electron chi connectivity index (χ1n) is 1.74. The number of nitrogens with zero attached hydrogens (tertiary/aromatic N) is 1. The maximum atomic E-state index is 10.1. The zero-order valence-electron chi connectivity index (χ0n) is 3.46. The molecule has 0 aromatic heterocycles. The lowest BCUT2D eigenvalue weighted by atomic mass is 10.8. The van der Waals surface area contributed by atoms with Crippen molar-refractivity contribution in [3.63, 3.8) is 0 Å². The molecule has 7 heavy (non-hydrogen) atoms. The van der Waals surface area contributed by atoms with Crippen molar-refractivity contribution in [2.45, 2.75) is 0 Å². The lowest BCUT2D eigenvalue weighted by molar-refractivity contribution is 0.592. The Morgan fingerprint density at radius 3 is 2.57 bits per heavy atom. The molecule has 5 heteroatoms. The van der Waals surface area contributed by atoms with Crippen molar-refractivity contribution in [3.8, 4) is 0 Å². The monoisotopic (exact) mass is 120 g/mol. The van der Waals surface area contributed by atoms with Gasteiger partial charge in [-0.25, -0.2) is 0 Å². The molecule has 0 spiro atoms. The first-order chi connectivity index (χ1) is 3.21. The lowest BCUT2D eigenvalue weighted by Gasteiger charge is -1.82. The summed E-state index contributed by atoms with van der Waals surface area (Å²) in [4.78, 5) is 0. The molecular weight excluding hydrogens is 116 g/mol. The number of hydrogen-bond donors (Lipinski definition) is 1. The van der Waals surface area contributed by atoms with E-state index in [2.05, 4.69) is 9.12 Å². The second-order valence-electron chi connectivity index (χ2n) is 1.11. The fourth-order valence-electron chi connectivity index (χ4n) is 0.315. The Bertz CT molecular complexity index is 180. The third-order valence-electron chi connectivity index (χ3n) is 0.570. The van der Waals surface area contributed by atoms with Crippen molar-refractivity contribution < 1.29 is 8.42 Å². The smallest absolute Gasteiger partial charge is 0.191 e. The van der Waals surface area contributed by atoms with Crippen molar-refractivity contribution >= 4 is 16.4 Å². The minimum atomic E-state index is -3.23. The third kappa shape index (κ3) is 0.971. The second-order valence-corrected chi connectivity index (χ2v) is 2.56. The Balaban J connectivity index is 2.99.